The van der Waals surface area contributed by atoms with Gasteiger partial charge in [0.25, 0.3) is 0 Å². The second kappa shape index (κ2) is 6.15. The molecule has 3 nitrogen and oxygen atoms in total. The summed E-state index contributed by atoms with van der Waals surface area (Å²) in [5, 5.41) is 10.4. The molecule has 2 unspecified atom stereocenters. The van der Waals surface area contributed by atoms with Crippen LogP contribution < -0.4 is 5.73 Å². The highest BCUT2D eigenvalue weighted by atomic mass is 16.3. The van der Waals surface area contributed by atoms with Crippen LogP contribution in [0.5, 0.6) is 0 Å². The Morgan fingerprint density at radius 1 is 1.10 bits per heavy atom. The smallest absolute Gasteiger partial charge is 0.0917 e. The van der Waals surface area contributed by atoms with Gasteiger partial charge in [0, 0.05) is 18.3 Å². The van der Waals surface area contributed by atoms with Crippen molar-refractivity contribution in [2.75, 3.05) is 18.8 Å². The Morgan fingerprint density at radius 3 is 2.50 bits per heavy atom. The van der Waals surface area contributed by atoms with E-state index < -0.39 is 6.10 Å². The molecule has 0 radical (unpaired) electrons. The van der Waals surface area contributed by atoms with Crippen LogP contribution in [0.25, 0.3) is 0 Å². The van der Waals surface area contributed by atoms with Gasteiger partial charge in [-0.25, -0.2) is 0 Å². The van der Waals surface area contributed by atoms with E-state index in [4.69, 9.17) is 5.73 Å². The summed E-state index contributed by atoms with van der Waals surface area (Å²) in [4.78, 5) is 2.52. The zero-order chi connectivity index (χ0) is 13.9. The SMILES string of the molecule is Nc1ccc(C(O)CN2CCCC2C2CCCC2)cc1. The number of nitrogens with zero attached hydrogens (tertiary/aromatic N) is 1. The van der Waals surface area contributed by atoms with Crippen molar-refractivity contribution in [3.05, 3.63) is 29.8 Å². The fourth-order valence-electron chi connectivity index (χ4n) is 4.00. The number of aliphatic hydroxyl groups excluding tert-OH is 1. The van der Waals surface area contributed by atoms with Gasteiger partial charge in [0.05, 0.1) is 6.10 Å². The van der Waals surface area contributed by atoms with E-state index in [1.54, 1.807) is 0 Å². The maximum atomic E-state index is 10.4. The molecule has 1 saturated heterocycles. The van der Waals surface area contributed by atoms with Crippen molar-refractivity contribution in [3.63, 3.8) is 0 Å². The molecule has 1 aliphatic heterocycles. The van der Waals surface area contributed by atoms with E-state index >= 15 is 0 Å². The molecule has 0 bridgehead atoms. The van der Waals surface area contributed by atoms with Gasteiger partial charge in [0.1, 0.15) is 0 Å². The number of aliphatic hydroxyl groups is 1. The third-order valence-electron chi connectivity index (χ3n) is 5.09. The Morgan fingerprint density at radius 2 is 1.80 bits per heavy atom. The predicted octanol–water partition coefficient (Wildman–Crippen LogP) is 2.96. The lowest BCUT2D eigenvalue weighted by Crippen LogP contribution is -2.37. The second-order valence-corrected chi connectivity index (χ2v) is 6.43. The molecule has 0 aromatic heterocycles. The van der Waals surface area contributed by atoms with Crippen molar-refractivity contribution >= 4 is 5.69 Å². The predicted molar refractivity (Wildman–Crippen MR) is 82.4 cm³/mol. The molecule has 3 N–H and O–H groups in total. The Kier molecular flexibility index (Phi) is 4.27. The number of nitrogens with two attached hydrogens (primary N) is 1. The van der Waals surface area contributed by atoms with E-state index in [9.17, 15) is 5.11 Å². The molecule has 2 fully saturated rings. The summed E-state index contributed by atoms with van der Waals surface area (Å²) < 4.78 is 0. The van der Waals surface area contributed by atoms with Gasteiger partial charge < -0.3 is 10.8 Å². The first-order chi connectivity index (χ1) is 9.74. The van der Waals surface area contributed by atoms with Crippen LogP contribution in [0, 0.1) is 5.92 Å². The van der Waals surface area contributed by atoms with Crippen molar-refractivity contribution in [1.82, 2.24) is 4.90 Å². The molecule has 1 heterocycles. The molecule has 0 spiro atoms. The number of likely N-dealkylation sites (tertiary alicyclic amines) is 1. The molecule has 1 aromatic rings. The molecule has 2 atom stereocenters. The minimum Gasteiger partial charge on any atom is -0.399 e. The summed E-state index contributed by atoms with van der Waals surface area (Å²) in [6, 6.07) is 8.34. The molecular formula is C17H26N2O. The molecule has 20 heavy (non-hydrogen) atoms. The summed E-state index contributed by atoms with van der Waals surface area (Å²) in [6.07, 6.45) is 7.79. The second-order valence-electron chi connectivity index (χ2n) is 6.43. The van der Waals surface area contributed by atoms with Gasteiger partial charge in [-0.3, -0.25) is 4.90 Å². The fourth-order valence-corrected chi connectivity index (χ4v) is 4.00. The topological polar surface area (TPSA) is 49.5 Å². The molecular weight excluding hydrogens is 248 g/mol. The van der Waals surface area contributed by atoms with E-state index in [-0.39, 0.29) is 0 Å². The van der Waals surface area contributed by atoms with Crippen molar-refractivity contribution < 1.29 is 5.11 Å². The van der Waals surface area contributed by atoms with Gasteiger partial charge in [0.2, 0.25) is 0 Å². The zero-order valence-electron chi connectivity index (χ0n) is 12.2. The van der Waals surface area contributed by atoms with E-state index in [1.165, 1.54) is 38.5 Å². The summed E-state index contributed by atoms with van der Waals surface area (Å²) in [6.45, 7) is 1.91. The van der Waals surface area contributed by atoms with Crippen molar-refractivity contribution in [1.29, 1.82) is 0 Å². The largest absolute Gasteiger partial charge is 0.399 e. The molecule has 1 aromatic carbocycles. The van der Waals surface area contributed by atoms with Crippen LogP contribution in [0.1, 0.15) is 50.2 Å². The minimum absolute atomic E-state index is 0.391. The highest BCUT2D eigenvalue weighted by Gasteiger charge is 2.34. The lowest BCUT2D eigenvalue weighted by molar-refractivity contribution is 0.0894. The average Bonchev–Trinajstić information content (AvgIpc) is 3.09. The number of hydrogen-bond donors (Lipinski definition) is 2. The van der Waals surface area contributed by atoms with Gasteiger partial charge in [-0.2, -0.15) is 0 Å². The molecule has 1 aliphatic carbocycles. The number of nitrogen functional groups attached to an aromatic ring is 1. The third-order valence-corrected chi connectivity index (χ3v) is 5.09. The fraction of sp³-hybridized carbons (Fsp3) is 0.647. The van der Waals surface area contributed by atoms with Crippen LogP contribution >= 0.6 is 0 Å². The Bertz CT molecular complexity index is 425. The number of rotatable bonds is 4. The quantitative estimate of drug-likeness (QED) is 0.830. The van der Waals surface area contributed by atoms with Crippen molar-refractivity contribution in [3.8, 4) is 0 Å². The summed E-state index contributed by atoms with van der Waals surface area (Å²) >= 11 is 0. The monoisotopic (exact) mass is 274 g/mol. The van der Waals surface area contributed by atoms with E-state index in [2.05, 4.69) is 4.90 Å². The van der Waals surface area contributed by atoms with E-state index in [0.29, 0.717) is 6.04 Å². The van der Waals surface area contributed by atoms with Crippen LogP contribution in [0.15, 0.2) is 24.3 Å². The van der Waals surface area contributed by atoms with Crippen molar-refractivity contribution in [2.24, 2.45) is 5.92 Å². The van der Waals surface area contributed by atoms with Crippen LogP contribution in [-0.2, 0) is 0 Å². The zero-order valence-corrected chi connectivity index (χ0v) is 12.2. The first kappa shape index (κ1) is 13.9. The standard InChI is InChI=1S/C17H26N2O/c18-15-9-7-14(8-10-15)17(20)12-19-11-3-6-16(19)13-4-1-2-5-13/h7-10,13,16-17,20H,1-6,11-12,18H2. The lowest BCUT2D eigenvalue weighted by Gasteiger charge is -2.31. The first-order valence-corrected chi connectivity index (χ1v) is 8.01. The highest BCUT2D eigenvalue weighted by Crippen LogP contribution is 2.36. The summed E-state index contributed by atoms with van der Waals surface area (Å²) in [5.41, 5.74) is 7.44. The lowest BCUT2D eigenvalue weighted by atomic mass is 9.95. The minimum atomic E-state index is -0.391. The van der Waals surface area contributed by atoms with Crippen LogP contribution in [0.4, 0.5) is 5.69 Å². The summed E-state index contributed by atoms with van der Waals surface area (Å²) in [7, 11) is 0. The van der Waals surface area contributed by atoms with Gasteiger partial charge >= 0.3 is 0 Å². The van der Waals surface area contributed by atoms with E-state index in [1.807, 2.05) is 24.3 Å². The maximum Gasteiger partial charge on any atom is 0.0917 e. The number of β-amino-alcohol motifs (C(OH)–C–C–N with tert-alkyl or cyclic N) is 1. The first-order valence-electron chi connectivity index (χ1n) is 8.01. The third kappa shape index (κ3) is 2.99. The van der Waals surface area contributed by atoms with Crippen LogP contribution in [-0.4, -0.2) is 29.1 Å². The van der Waals surface area contributed by atoms with Gasteiger partial charge in [0.15, 0.2) is 0 Å². The molecule has 0 amide bonds. The van der Waals surface area contributed by atoms with Crippen LogP contribution in [0.2, 0.25) is 0 Å². The van der Waals surface area contributed by atoms with Gasteiger partial charge in [-0.05, 0) is 55.8 Å². The molecule has 2 aliphatic rings. The van der Waals surface area contributed by atoms with Gasteiger partial charge in [-0.1, -0.05) is 25.0 Å². The number of anilines is 1. The van der Waals surface area contributed by atoms with Crippen molar-refractivity contribution in [2.45, 2.75) is 50.7 Å². The summed E-state index contributed by atoms with van der Waals surface area (Å²) in [5.74, 6) is 0.871. The number of benzene rings is 1. The van der Waals surface area contributed by atoms with Crippen LogP contribution in [0.3, 0.4) is 0 Å². The van der Waals surface area contributed by atoms with Gasteiger partial charge in [-0.15, -0.1) is 0 Å². The Balaban J connectivity index is 1.62. The average molecular weight is 274 g/mol. The molecule has 1 saturated carbocycles. The molecule has 110 valence electrons. The Hall–Kier alpha value is -1.06. The normalized spacial score (nSPS) is 26.1. The number of hydrogen-bond acceptors (Lipinski definition) is 3. The Labute approximate surface area is 121 Å². The highest BCUT2D eigenvalue weighted by molar-refractivity contribution is 5.39. The molecule has 3 heteroatoms. The van der Waals surface area contributed by atoms with E-state index in [0.717, 1.165) is 30.3 Å². The molecule has 3 rings (SSSR count). The maximum absolute atomic E-state index is 10.4.